The van der Waals surface area contributed by atoms with Gasteiger partial charge in [-0.15, -0.1) is 0 Å². The van der Waals surface area contributed by atoms with E-state index in [-0.39, 0.29) is 18.0 Å². The minimum atomic E-state index is -0.453. The average molecular weight is 291 g/mol. The van der Waals surface area contributed by atoms with Gasteiger partial charge in [-0.25, -0.2) is 4.79 Å². The Labute approximate surface area is 126 Å². The van der Waals surface area contributed by atoms with Gasteiger partial charge >= 0.3 is 6.03 Å². The Morgan fingerprint density at radius 1 is 1.19 bits per heavy atom. The normalized spacial score (nSPS) is 12.3. The average Bonchev–Trinajstić information content (AvgIpc) is 2.39. The molecule has 5 nitrogen and oxygen atoms in total. The van der Waals surface area contributed by atoms with E-state index in [1.807, 2.05) is 57.0 Å². The number of hydrogen-bond donors (Lipinski definition) is 2. The van der Waals surface area contributed by atoms with Gasteiger partial charge in [-0.2, -0.15) is 0 Å². The van der Waals surface area contributed by atoms with Crippen molar-refractivity contribution in [3.05, 3.63) is 35.4 Å². The molecule has 1 atom stereocenters. The number of carbonyl (C=O) groups excluding carboxylic acids is 2. The molecule has 0 fully saturated rings. The van der Waals surface area contributed by atoms with E-state index in [1.54, 1.807) is 6.92 Å². The number of likely N-dealkylation sites (N-methyl/N-ethyl adjacent to an activating group) is 1. The molecule has 0 saturated heterocycles. The fourth-order valence-corrected chi connectivity index (χ4v) is 1.91. The van der Waals surface area contributed by atoms with E-state index in [9.17, 15) is 9.59 Å². The first-order valence-corrected chi connectivity index (χ1v) is 7.17. The molecule has 0 aromatic heterocycles. The van der Waals surface area contributed by atoms with Crippen LogP contribution < -0.4 is 10.6 Å². The summed E-state index contributed by atoms with van der Waals surface area (Å²) >= 11 is 0. The Morgan fingerprint density at radius 3 is 2.38 bits per heavy atom. The zero-order valence-electron chi connectivity index (χ0n) is 13.4. The predicted molar refractivity (Wildman–Crippen MR) is 83.9 cm³/mol. The number of urea groups is 1. The fourth-order valence-electron chi connectivity index (χ4n) is 1.91. The van der Waals surface area contributed by atoms with Crippen LogP contribution in [0.1, 0.15) is 31.9 Å². The Kier molecular flexibility index (Phi) is 6.37. The van der Waals surface area contributed by atoms with Crippen LogP contribution in [-0.2, 0) is 11.3 Å². The molecule has 3 amide bonds. The van der Waals surface area contributed by atoms with E-state index in [0.717, 1.165) is 0 Å². The molecule has 0 heterocycles. The number of nitrogens with zero attached hydrogens (tertiary/aromatic N) is 1. The molecule has 0 spiro atoms. The topological polar surface area (TPSA) is 61.4 Å². The second kappa shape index (κ2) is 7.78. The highest BCUT2D eigenvalue weighted by molar-refractivity contribution is 5.96. The zero-order valence-corrected chi connectivity index (χ0v) is 13.4. The molecular weight excluding hydrogens is 266 g/mol. The van der Waals surface area contributed by atoms with E-state index < -0.39 is 6.03 Å². The molecule has 0 unspecified atom stereocenters. The number of rotatable bonds is 5. The van der Waals surface area contributed by atoms with Crippen LogP contribution in [0.3, 0.4) is 0 Å². The number of carbonyl (C=O) groups is 2. The molecule has 0 radical (unpaired) electrons. The Balaban J connectivity index is 2.57. The third-order valence-corrected chi connectivity index (χ3v) is 3.38. The van der Waals surface area contributed by atoms with Crippen LogP contribution in [0.15, 0.2) is 24.3 Å². The van der Waals surface area contributed by atoms with Crippen LogP contribution in [0.4, 0.5) is 4.79 Å². The first-order valence-electron chi connectivity index (χ1n) is 7.17. The van der Waals surface area contributed by atoms with Crippen molar-refractivity contribution >= 4 is 11.9 Å². The van der Waals surface area contributed by atoms with Gasteiger partial charge in [-0.1, -0.05) is 24.3 Å². The maximum atomic E-state index is 12.0. The highest BCUT2D eigenvalue weighted by atomic mass is 16.2. The van der Waals surface area contributed by atoms with Gasteiger partial charge in [-0.05, 0) is 45.9 Å². The first-order chi connectivity index (χ1) is 9.81. The van der Waals surface area contributed by atoms with Crippen molar-refractivity contribution in [3.8, 4) is 0 Å². The van der Waals surface area contributed by atoms with Crippen molar-refractivity contribution in [2.75, 3.05) is 7.05 Å². The van der Waals surface area contributed by atoms with Gasteiger partial charge in [-0.3, -0.25) is 15.0 Å². The zero-order chi connectivity index (χ0) is 16.0. The molecule has 0 bridgehead atoms. The molecule has 0 saturated carbocycles. The lowest BCUT2D eigenvalue weighted by Crippen LogP contribution is -2.49. The number of hydrogen-bond acceptors (Lipinski definition) is 3. The van der Waals surface area contributed by atoms with Gasteiger partial charge in [0.05, 0.1) is 6.04 Å². The second-order valence-electron chi connectivity index (χ2n) is 5.63. The summed E-state index contributed by atoms with van der Waals surface area (Å²) in [7, 11) is 1.87. The van der Waals surface area contributed by atoms with E-state index >= 15 is 0 Å². The van der Waals surface area contributed by atoms with Crippen LogP contribution in [-0.4, -0.2) is 36.0 Å². The van der Waals surface area contributed by atoms with Crippen molar-refractivity contribution in [1.29, 1.82) is 0 Å². The van der Waals surface area contributed by atoms with Gasteiger partial charge in [0.1, 0.15) is 0 Å². The van der Waals surface area contributed by atoms with Gasteiger partial charge in [0.2, 0.25) is 5.91 Å². The molecule has 0 aliphatic rings. The maximum Gasteiger partial charge on any atom is 0.321 e. The standard InChI is InChI=1S/C16H25N3O2/c1-11(2)17-16(21)18-15(20)13(4)19(5)10-14-9-7-6-8-12(14)3/h6-9,11,13H,10H2,1-5H3,(H2,17,18,20,21)/t13-/m0/s1. The quantitative estimate of drug-likeness (QED) is 0.873. The fraction of sp³-hybridized carbons (Fsp3) is 0.500. The summed E-state index contributed by atoms with van der Waals surface area (Å²) in [5.41, 5.74) is 2.36. The molecule has 1 aromatic rings. The summed E-state index contributed by atoms with van der Waals surface area (Å²) in [6.45, 7) is 8.18. The van der Waals surface area contributed by atoms with Crippen molar-refractivity contribution in [3.63, 3.8) is 0 Å². The van der Waals surface area contributed by atoms with E-state index in [0.29, 0.717) is 6.54 Å². The van der Waals surface area contributed by atoms with Gasteiger partial charge < -0.3 is 5.32 Å². The van der Waals surface area contributed by atoms with Crippen molar-refractivity contribution in [1.82, 2.24) is 15.5 Å². The van der Waals surface area contributed by atoms with Gasteiger partial charge in [0.15, 0.2) is 0 Å². The van der Waals surface area contributed by atoms with Crippen molar-refractivity contribution < 1.29 is 9.59 Å². The summed E-state index contributed by atoms with van der Waals surface area (Å²) in [6.07, 6.45) is 0. The largest absolute Gasteiger partial charge is 0.336 e. The molecule has 5 heteroatoms. The summed E-state index contributed by atoms with van der Waals surface area (Å²) in [5, 5.41) is 5.00. The maximum absolute atomic E-state index is 12.0. The summed E-state index contributed by atoms with van der Waals surface area (Å²) in [5.74, 6) is -0.302. The lowest BCUT2D eigenvalue weighted by Gasteiger charge is -2.24. The minimum absolute atomic E-state index is 0.00203. The number of benzene rings is 1. The van der Waals surface area contributed by atoms with Crippen molar-refractivity contribution in [2.45, 2.75) is 46.3 Å². The summed E-state index contributed by atoms with van der Waals surface area (Å²) in [6, 6.07) is 7.22. The highest BCUT2D eigenvalue weighted by Gasteiger charge is 2.20. The molecule has 2 N–H and O–H groups in total. The molecule has 21 heavy (non-hydrogen) atoms. The molecule has 0 aliphatic heterocycles. The second-order valence-corrected chi connectivity index (χ2v) is 5.63. The molecule has 1 aromatic carbocycles. The van der Waals surface area contributed by atoms with Crippen LogP contribution >= 0.6 is 0 Å². The monoisotopic (exact) mass is 291 g/mol. The van der Waals surface area contributed by atoms with E-state index in [2.05, 4.69) is 10.6 Å². The van der Waals surface area contributed by atoms with Gasteiger partial charge in [0.25, 0.3) is 0 Å². The van der Waals surface area contributed by atoms with E-state index in [4.69, 9.17) is 0 Å². The lowest BCUT2D eigenvalue weighted by atomic mass is 10.1. The van der Waals surface area contributed by atoms with Crippen LogP contribution in [0.2, 0.25) is 0 Å². The third kappa shape index (κ3) is 5.55. The molecule has 116 valence electrons. The van der Waals surface area contributed by atoms with Crippen molar-refractivity contribution in [2.24, 2.45) is 0 Å². The first kappa shape index (κ1) is 17.2. The molecule has 0 aliphatic carbocycles. The highest BCUT2D eigenvalue weighted by Crippen LogP contribution is 2.11. The SMILES string of the molecule is Cc1ccccc1CN(C)[C@@H](C)C(=O)NC(=O)NC(C)C. The molecule has 1 rings (SSSR count). The smallest absolute Gasteiger partial charge is 0.321 e. The number of nitrogens with one attached hydrogen (secondary N) is 2. The summed E-state index contributed by atoms with van der Waals surface area (Å²) < 4.78 is 0. The minimum Gasteiger partial charge on any atom is -0.336 e. The van der Waals surface area contributed by atoms with Crippen LogP contribution in [0.25, 0.3) is 0 Å². The predicted octanol–water partition coefficient (Wildman–Crippen LogP) is 2.05. The Hall–Kier alpha value is -1.88. The number of amides is 3. The van der Waals surface area contributed by atoms with Crippen LogP contribution in [0, 0.1) is 6.92 Å². The van der Waals surface area contributed by atoms with E-state index in [1.165, 1.54) is 11.1 Å². The van der Waals surface area contributed by atoms with Crippen LogP contribution in [0.5, 0.6) is 0 Å². The lowest BCUT2D eigenvalue weighted by molar-refractivity contribution is -0.124. The van der Waals surface area contributed by atoms with Gasteiger partial charge in [0, 0.05) is 12.6 Å². The number of imide groups is 1. The third-order valence-electron chi connectivity index (χ3n) is 3.38. The Bertz CT molecular complexity index is 500. The Morgan fingerprint density at radius 2 is 1.81 bits per heavy atom. The molecular formula is C16H25N3O2. The summed E-state index contributed by atoms with van der Waals surface area (Å²) in [4.78, 5) is 25.5. The number of aryl methyl sites for hydroxylation is 1.